The Balaban J connectivity index is 2.02. The van der Waals surface area contributed by atoms with Gasteiger partial charge in [0.2, 0.25) is 0 Å². The van der Waals surface area contributed by atoms with Crippen LogP contribution >= 0.6 is 0 Å². The zero-order valence-corrected chi connectivity index (χ0v) is 8.77. The van der Waals surface area contributed by atoms with E-state index in [1.165, 1.54) is 6.07 Å². The molecule has 4 nitrogen and oxygen atoms in total. The zero-order chi connectivity index (χ0) is 11.5. The number of rotatable bonds is 5. The van der Waals surface area contributed by atoms with Gasteiger partial charge in [-0.3, -0.25) is 14.7 Å². The Kier molecular flexibility index (Phi) is 3.14. The summed E-state index contributed by atoms with van der Waals surface area (Å²) in [6.45, 7) is 0.447. The van der Waals surface area contributed by atoms with Gasteiger partial charge in [0.1, 0.15) is 5.82 Å². The summed E-state index contributed by atoms with van der Waals surface area (Å²) < 4.78 is 12.9. The van der Waals surface area contributed by atoms with Gasteiger partial charge in [0, 0.05) is 18.8 Å². The number of carboxylic acid groups (broad SMARTS) is 1. The summed E-state index contributed by atoms with van der Waals surface area (Å²) in [6, 6.07) is 1.73. The molecule has 0 aliphatic heterocycles. The van der Waals surface area contributed by atoms with Gasteiger partial charge < -0.3 is 5.11 Å². The molecule has 0 amide bonds. The Morgan fingerprint density at radius 2 is 2.31 bits per heavy atom. The lowest BCUT2D eigenvalue weighted by molar-refractivity contribution is -0.138. The highest BCUT2D eigenvalue weighted by atomic mass is 19.1. The van der Waals surface area contributed by atoms with E-state index in [0.29, 0.717) is 18.2 Å². The van der Waals surface area contributed by atoms with E-state index in [4.69, 9.17) is 5.11 Å². The average molecular weight is 224 g/mol. The van der Waals surface area contributed by atoms with Gasteiger partial charge in [-0.25, -0.2) is 4.39 Å². The average Bonchev–Trinajstić information content (AvgIpc) is 2.99. The van der Waals surface area contributed by atoms with Gasteiger partial charge in [0.15, 0.2) is 0 Å². The van der Waals surface area contributed by atoms with Gasteiger partial charge >= 0.3 is 5.97 Å². The number of halogens is 1. The molecule has 1 aliphatic carbocycles. The number of nitrogens with zero attached hydrogens (tertiary/aromatic N) is 2. The summed E-state index contributed by atoms with van der Waals surface area (Å²) in [5.74, 6) is -1.24. The second-order valence-corrected chi connectivity index (χ2v) is 4.04. The molecule has 1 fully saturated rings. The maximum absolute atomic E-state index is 12.9. The summed E-state index contributed by atoms with van der Waals surface area (Å²) in [5.41, 5.74) is 0.716. The largest absolute Gasteiger partial charge is 0.480 e. The fourth-order valence-corrected chi connectivity index (χ4v) is 1.70. The van der Waals surface area contributed by atoms with Crippen LogP contribution in [0.5, 0.6) is 0 Å². The lowest BCUT2D eigenvalue weighted by Gasteiger charge is -2.19. The van der Waals surface area contributed by atoms with Crippen molar-refractivity contribution < 1.29 is 14.3 Å². The predicted octanol–water partition coefficient (Wildman–Crippen LogP) is 1.27. The highest BCUT2D eigenvalue weighted by molar-refractivity contribution is 5.69. The topological polar surface area (TPSA) is 53.4 Å². The molecule has 1 aromatic rings. The molecule has 0 spiro atoms. The van der Waals surface area contributed by atoms with Crippen molar-refractivity contribution in [3.05, 3.63) is 29.8 Å². The molecule has 1 aliphatic rings. The quantitative estimate of drug-likeness (QED) is 0.818. The molecule has 0 atom stereocenters. The molecule has 1 N–H and O–H groups in total. The molecule has 1 heterocycles. The fourth-order valence-electron chi connectivity index (χ4n) is 1.70. The molecule has 0 aromatic carbocycles. The summed E-state index contributed by atoms with van der Waals surface area (Å²) in [5, 5.41) is 8.76. The van der Waals surface area contributed by atoms with Crippen LogP contribution in [0.15, 0.2) is 18.5 Å². The molecule has 1 aromatic heterocycles. The van der Waals surface area contributed by atoms with Gasteiger partial charge in [0.25, 0.3) is 0 Å². The van der Waals surface area contributed by atoms with Crippen LogP contribution in [0.4, 0.5) is 4.39 Å². The molecular weight excluding hydrogens is 211 g/mol. The molecule has 0 bridgehead atoms. The Bertz CT molecular complexity index is 393. The van der Waals surface area contributed by atoms with Crippen molar-refractivity contribution in [3.8, 4) is 0 Å². The van der Waals surface area contributed by atoms with Gasteiger partial charge in [-0.1, -0.05) is 0 Å². The minimum absolute atomic E-state index is 0.00117. The molecule has 0 radical (unpaired) electrons. The van der Waals surface area contributed by atoms with E-state index in [2.05, 4.69) is 4.98 Å². The van der Waals surface area contributed by atoms with E-state index < -0.39 is 5.97 Å². The predicted molar refractivity (Wildman–Crippen MR) is 55.3 cm³/mol. The van der Waals surface area contributed by atoms with Crippen LogP contribution in [0, 0.1) is 5.82 Å². The molecule has 0 unspecified atom stereocenters. The van der Waals surface area contributed by atoms with Crippen LogP contribution in [-0.2, 0) is 11.3 Å². The smallest absolute Gasteiger partial charge is 0.317 e. The number of aliphatic carboxylic acids is 1. The molecule has 2 rings (SSSR count). The van der Waals surface area contributed by atoms with Crippen molar-refractivity contribution >= 4 is 5.97 Å². The number of aromatic nitrogens is 1. The third-order valence-corrected chi connectivity index (χ3v) is 2.55. The summed E-state index contributed by atoms with van der Waals surface area (Å²) >= 11 is 0. The van der Waals surface area contributed by atoms with Crippen LogP contribution in [-0.4, -0.2) is 33.5 Å². The van der Waals surface area contributed by atoms with Crippen LogP contribution in [0.25, 0.3) is 0 Å². The monoisotopic (exact) mass is 224 g/mol. The molecule has 16 heavy (non-hydrogen) atoms. The lowest BCUT2D eigenvalue weighted by Crippen LogP contribution is -2.31. The first kappa shape index (κ1) is 11.0. The number of hydrogen-bond donors (Lipinski definition) is 1. The SMILES string of the molecule is O=C(O)CN(Cc1cncc(F)c1)C1CC1. The number of carboxylic acids is 1. The Hall–Kier alpha value is -1.49. The fraction of sp³-hybridized carbons (Fsp3) is 0.455. The molecule has 0 saturated heterocycles. The van der Waals surface area contributed by atoms with Gasteiger partial charge in [-0.2, -0.15) is 0 Å². The summed E-state index contributed by atoms with van der Waals surface area (Å²) in [4.78, 5) is 16.3. The second-order valence-electron chi connectivity index (χ2n) is 4.04. The second kappa shape index (κ2) is 4.57. The van der Waals surface area contributed by atoms with E-state index in [1.54, 1.807) is 6.20 Å². The first-order valence-electron chi connectivity index (χ1n) is 5.20. The van der Waals surface area contributed by atoms with Crippen molar-refractivity contribution in [2.75, 3.05) is 6.54 Å². The number of pyridine rings is 1. The molecule has 86 valence electrons. The van der Waals surface area contributed by atoms with Crippen molar-refractivity contribution in [2.24, 2.45) is 0 Å². The van der Waals surface area contributed by atoms with Gasteiger partial charge in [-0.15, -0.1) is 0 Å². The maximum Gasteiger partial charge on any atom is 0.317 e. The third-order valence-electron chi connectivity index (χ3n) is 2.55. The van der Waals surface area contributed by atoms with Crippen LogP contribution in [0.2, 0.25) is 0 Å². The van der Waals surface area contributed by atoms with Gasteiger partial charge in [0.05, 0.1) is 12.7 Å². The summed E-state index contributed by atoms with van der Waals surface area (Å²) in [7, 11) is 0. The van der Waals surface area contributed by atoms with Crippen molar-refractivity contribution in [2.45, 2.75) is 25.4 Å². The number of hydrogen-bond acceptors (Lipinski definition) is 3. The molecule has 1 saturated carbocycles. The van der Waals surface area contributed by atoms with Crippen LogP contribution in [0.3, 0.4) is 0 Å². The maximum atomic E-state index is 12.9. The Morgan fingerprint density at radius 1 is 1.56 bits per heavy atom. The van der Waals surface area contributed by atoms with Crippen molar-refractivity contribution in [1.82, 2.24) is 9.88 Å². The first-order valence-corrected chi connectivity index (χ1v) is 5.20. The van der Waals surface area contributed by atoms with Crippen molar-refractivity contribution in [3.63, 3.8) is 0 Å². The van der Waals surface area contributed by atoms with E-state index >= 15 is 0 Å². The normalized spacial score (nSPS) is 15.4. The van der Waals surface area contributed by atoms with Gasteiger partial charge in [-0.05, 0) is 24.5 Å². The van der Waals surface area contributed by atoms with Crippen LogP contribution < -0.4 is 0 Å². The Labute approximate surface area is 92.7 Å². The van der Waals surface area contributed by atoms with E-state index in [1.807, 2.05) is 4.90 Å². The molecule has 5 heteroatoms. The highest BCUT2D eigenvalue weighted by Crippen LogP contribution is 2.27. The first-order chi connectivity index (χ1) is 7.65. The lowest BCUT2D eigenvalue weighted by atomic mass is 10.2. The Morgan fingerprint density at radius 3 is 2.88 bits per heavy atom. The minimum Gasteiger partial charge on any atom is -0.480 e. The minimum atomic E-state index is -0.851. The highest BCUT2D eigenvalue weighted by Gasteiger charge is 2.30. The zero-order valence-electron chi connectivity index (χ0n) is 8.77. The summed E-state index contributed by atoms with van der Waals surface area (Å²) in [6.07, 6.45) is 4.76. The van der Waals surface area contributed by atoms with Crippen molar-refractivity contribution in [1.29, 1.82) is 0 Å². The molecular formula is C11H13FN2O2. The van der Waals surface area contributed by atoms with E-state index in [-0.39, 0.29) is 12.4 Å². The van der Waals surface area contributed by atoms with E-state index in [0.717, 1.165) is 19.0 Å². The standard InChI is InChI=1S/C11H13FN2O2/c12-9-3-8(4-13-5-9)6-14(7-11(15)16)10-1-2-10/h3-5,10H,1-2,6-7H2,(H,15,16). The third kappa shape index (κ3) is 3.00. The van der Waals surface area contributed by atoms with E-state index in [9.17, 15) is 9.18 Å². The number of carbonyl (C=O) groups is 1. The van der Waals surface area contributed by atoms with Crippen LogP contribution in [0.1, 0.15) is 18.4 Å².